The number of fused-ring (bicyclic) bond motifs is 1. The Morgan fingerprint density at radius 1 is 1.29 bits per heavy atom. The van der Waals surface area contributed by atoms with Crippen molar-refractivity contribution in [3.63, 3.8) is 0 Å². The van der Waals surface area contributed by atoms with E-state index in [1.165, 1.54) is 18.4 Å². The lowest BCUT2D eigenvalue weighted by molar-refractivity contribution is -0.752. The van der Waals surface area contributed by atoms with Crippen LogP contribution in [0.15, 0.2) is 24.7 Å². The zero-order valence-corrected chi connectivity index (χ0v) is 11.7. The van der Waals surface area contributed by atoms with Crippen molar-refractivity contribution in [3.8, 4) is 11.4 Å². The Morgan fingerprint density at radius 2 is 2.14 bits per heavy atom. The Kier molecular flexibility index (Phi) is 3.85. The molecule has 2 aromatic rings. The van der Waals surface area contributed by atoms with Crippen LogP contribution >= 0.6 is 0 Å². The number of carboxylic acids is 1. The van der Waals surface area contributed by atoms with Crippen LogP contribution in [-0.2, 0) is 24.2 Å². The first-order valence-corrected chi connectivity index (χ1v) is 7.15. The first kappa shape index (κ1) is 13.6. The van der Waals surface area contributed by atoms with Crippen molar-refractivity contribution >= 4 is 5.97 Å². The molecule has 6 nitrogen and oxygen atoms in total. The highest BCUT2D eigenvalue weighted by molar-refractivity contribution is 5.66. The fourth-order valence-electron chi connectivity index (χ4n) is 2.47. The zero-order chi connectivity index (χ0) is 14.7. The highest BCUT2D eigenvalue weighted by Gasteiger charge is 2.14. The molecule has 108 valence electrons. The lowest BCUT2D eigenvalue weighted by atomic mass is 9.97. The molecule has 0 saturated carbocycles. The molecule has 0 aromatic carbocycles. The van der Waals surface area contributed by atoms with E-state index in [0.29, 0.717) is 12.4 Å². The lowest BCUT2D eigenvalue weighted by Gasteiger charge is -2.14. The summed E-state index contributed by atoms with van der Waals surface area (Å²) >= 11 is 0. The molecule has 6 heteroatoms. The van der Waals surface area contributed by atoms with Gasteiger partial charge < -0.3 is 5.11 Å². The van der Waals surface area contributed by atoms with Crippen LogP contribution in [0.3, 0.4) is 0 Å². The van der Waals surface area contributed by atoms with E-state index >= 15 is 0 Å². The molecular formula is C15H17N4O2+. The van der Waals surface area contributed by atoms with Gasteiger partial charge in [0.15, 0.2) is 18.6 Å². The normalized spacial score (nSPS) is 13.7. The molecule has 3 rings (SSSR count). The number of nitrogens with zero attached hydrogens (tertiary/aromatic N) is 4. The second-order valence-corrected chi connectivity index (χ2v) is 5.20. The van der Waals surface area contributed by atoms with E-state index in [1.807, 2.05) is 12.3 Å². The minimum Gasteiger partial charge on any atom is -0.481 e. The predicted octanol–water partition coefficient (Wildman–Crippen LogP) is 1.18. The van der Waals surface area contributed by atoms with Crippen molar-refractivity contribution in [3.05, 3.63) is 35.9 Å². The smallest absolute Gasteiger partial charge is 0.309 e. The number of aliphatic carboxylic acids is 1. The van der Waals surface area contributed by atoms with Gasteiger partial charge in [0.25, 0.3) is 0 Å². The van der Waals surface area contributed by atoms with Crippen molar-refractivity contribution in [1.29, 1.82) is 0 Å². The Hall–Kier alpha value is -2.37. The van der Waals surface area contributed by atoms with Crippen LogP contribution in [0.2, 0.25) is 0 Å². The molecule has 21 heavy (non-hydrogen) atoms. The third-order valence-electron chi connectivity index (χ3n) is 3.65. The van der Waals surface area contributed by atoms with Gasteiger partial charge in [0.05, 0.1) is 0 Å². The molecule has 0 fully saturated rings. The van der Waals surface area contributed by atoms with E-state index in [4.69, 9.17) is 5.11 Å². The molecule has 0 atom stereocenters. The van der Waals surface area contributed by atoms with Crippen molar-refractivity contribution in [1.82, 2.24) is 15.1 Å². The standard InChI is InChI=1S/C15H16N4O2/c20-14(21)6-8-19-7-5-12(10-17-19)15-16-9-11-3-1-2-4-13(11)18-15/h5,7,9-10H,1-4,6,8H2/p+1. The molecule has 2 heterocycles. The van der Waals surface area contributed by atoms with Gasteiger partial charge in [-0.05, 0) is 36.3 Å². The SMILES string of the molecule is O=C(O)CC[n+]1ccc(-c2ncc3c(n2)CCCC3)cn1. The number of hydrogen-bond donors (Lipinski definition) is 1. The maximum atomic E-state index is 10.5. The quantitative estimate of drug-likeness (QED) is 0.853. The molecule has 0 aliphatic heterocycles. The third kappa shape index (κ3) is 3.21. The van der Waals surface area contributed by atoms with E-state index in [-0.39, 0.29) is 6.42 Å². The van der Waals surface area contributed by atoms with E-state index in [0.717, 1.165) is 24.1 Å². The van der Waals surface area contributed by atoms with E-state index in [9.17, 15) is 4.79 Å². The molecule has 0 radical (unpaired) electrons. The third-order valence-corrected chi connectivity index (χ3v) is 3.65. The van der Waals surface area contributed by atoms with Crippen LogP contribution in [-0.4, -0.2) is 26.1 Å². The Morgan fingerprint density at radius 3 is 2.90 bits per heavy atom. The first-order valence-electron chi connectivity index (χ1n) is 7.15. The summed E-state index contributed by atoms with van der Waals surface area (Å²) in [5.41, 5.74) is 3.26. The van der Waals surface area contributed by atoms with E-state index < -0.39 is 5.97 Å². The number of aryl methyl sites for hydroxylation is 3. The molecule has 1 aliphatic carbocycles. The van der Waals surface area contributed by atoms with Crippen molar-refractivity contribution in [2.75, 3.05) is 0 Å². The summed E-state index contributed by atoms with van der Waals surface area (Å²) < 4.78 is 1.61. The molecule has 0 saturated heterocycles. The maximum Gasteiger partial charge on any atom is 0.309 e. The second-order valence-electron chi connectivity index (χ2n) is 5.20. The average molecular weight is 285 g/mol. The minimum atomic E-state index is -0.827. The number of carbonyl (C=O) groups is 1. The summed E-state index contributed by atoms with van der Waals surface area (Å²) in [4.78, 5) is 19.6. The molecule has 0 amide bonds. The van der Waals surface area contributed by atoms with Gasteiger partial charge in [0.1, 0.15) is 12.6 Å². The summed E-state index contributed by atoms with van der Waals surface area (Å²) in [7, 11) is 0. The monoisotopic (exact) mass is 285 g/mol. The van der Waals surface area contributed by atoms with Crippen LogP contribution in [0, 0.1) is 0 Å². The largest absolute Gasteiger partial charge is 0.481 e. The van der Waals surface area contributed by atoms with Crippen molar-refractivity contribution in [2.24, 2.45) is 0 Å². The number of aromatic nitrogens is 4. The predicted molar refractivity (Wildman–Crippen MR) is 74.4 cm³/mol. The number of carboxylic acid groups (broad SMARTS) is 1. The first-order chi connectivity index (χ1) is 10.2. The van der Waals surface area contributed by atoms with Gasteiger partial charge in [-0.15, -0.1) is 0 Å². The highest BCUT2D eigenvalue weighted by Crippen LogP contribution is 2.21. The summed E-state index contributed by atoms with van der Waals surface area (Å²) in [5.74, 6) is -0.139. The summed E-state index contributed by atoms with van der Waals surface area (Å²) in [6.07, 6.45) is 9.92. The van der Waals surface area contributed by atoms with Crippen LogP contribution < -0.4 is 4.68 Å². The Bertz CT molecular complexity index is 655. The van der Waals surface area contributed by atoms with Gasteiger partial charge in [-0.25, -0.2) is 9.97 Å². The van der Waals surface area contributed by atoms with E-state index in [1.54, 1.807) is 17.1 Å². The molecule has 0 unspecified atom stereocenters. The zero-order valence-electron chi connectivity index (χ0n) is 11.7. The van der Waals surface area contributed by atoms with Crippen LogP contribution in [0.5, 0.6) is 0 Å². The molecule has 0 spiro atoms. The highest BCUT2D eigenvalue weighted by atomic mass is 16.4. The van der Waals surface area contributed by atoms with Crippen LogP contribution in [0.25, 0.3) is 11.4 Å². The second kappa shape index (κ2) is 5.95. The summed E-state index contributed by atoms with van der Waals surface area (Å²) in [6.45, 7) is 0.362. The van der Waals surface area contributed by atoms with Gasteiger partial charge in [-0.2, -0.15) is 0 Å². The fourth-order valence-corrected chi connectivity index (χ4v) is 2.47. The average Bonchev–Trinajstić information content (AvgIpc) is 2.53. The van der Waals surface area contributed by atoms with Gasteiger partial charge in [-0.1, -0.05) is 4.68 Å². The van der Waals surface area contributed by atoms with Crippen LogP contribution in [0.4, 0.5) is 0 Å². The number of rotatable bonds is 4. The molecule has 0 bridgehead atoms. The van der Waals surface area contributed by atoms with Gasteiger partial charge >= 0.3 is 5.97 Å². The molecule has 1 aliphatic rings. The van der Waals surface area contributed by atoms with Crippen molar-refractivity contribution < 1.29 is 14.6 Å². The topological polar surface area (TPSA) is 79.9 Å². The Labute approximate surface area is 122 Å². The van der Waals surface area contributed by atoms with Gasteiger partial charge in [0, 0.05) is 23.5 Å². The van der Waals surface area contributed by atoms with Gasteiger partial charge in [-0.3, -0.25) is 4.79 Å². The minimum absolute atomic E-state index is 0.0619. The lowest BCUT2D eigenvalue weighted by Crippen LogP contribution is -2.38. The van der Waals surface area contributed by atoms with Gasteiger partial charge in [0.2, 0.25) is 0 Å². The molecule has 2 aromatic heterocycles. The number of hydrogen-bond acceptors (Lipinski definition) is 4. The van der Waals surface area contributed by atoms with Crippen LogP contribution in [0.1, 0.15) is 30.5 Å². The van der Waals surface area contributed by atoms with Crippen molar-refractivity contribution in [2.45, 2.75) is 38.6 Å². The summed E-state index contributed by atoms with van der Waals surface area (Å²) in [6, 6.07) is 1.87. The fraction of sp³-hybridized carbons (Fsp3) is 0.400. The molecule has 1 N–H and O–H groups in total. The van der Waals surface area contributed by atoms with E-state index in [2.05, 4.69) is 15.1 Å². The maximum absolute atomic E-state index is 10.5. The Balaban J connectivity index is 1.79. The summed E-state index contributed by atoms with van der Waals surface area (Å²) in [5, 5.41) is 12.9. The molecular weight excluding hydrogens is 268 g/mol.